The molecule has 122 valence electrons. The number of aromatic nitrogens is 2. The molecule has 0 radical (unpaired) electrons. The molecule has 1 aromatic carbocycles. The van der Waals surface area contributed by atoms with E-state index in [0.717, 1.165) is 24.2 Å². The van der Waals surface area contributed by atoms with Gasteiger partial charge in [-0.05, 0) is 37.8 Å². The van der Waals surface area contributed by atoms with Crippen molar-refractivity contribution < 1.29 is 9.90 Å². The number of amides is 2. The van der Waals surface area contributed by atoms with Crippen LogP contribution < -0.4 is 10.6 Å². The molecule has 1 aliphatic carbocycles. The summed E-state index contributed by atoms with van der Waals surface area (Å²) in [7, 11) is 1.93. The Morgan fingerprint density at radius 1 is 1.48 bits per heavy atom. The van der Waals surface area contributed by atoms with Crippen molar-refractivity contribution in [1.29, 1.82) is 0 Å². The number of nitrogens with zero attached hydrogens (tertiary/aromatic N) is 2. The number of anilines is 1. The fraction of sp³-hybridized carbons (Fsp3) is 0.412. The highest BCUT2D eigenvalue weighted by atomic mass is 16.3. The van der Waals surface area contributed by atoms with Crippen LogP contribution in [0.15, 0.2) is 36.7 Å². The van der Waals surface area contributed by atoms with Crippen LogP contribution in [0.4, 0.5) is 10.5 Å². The van der Waals surface area contributed by atoms with E-state index < -0.39 is 5.54 Å². The van der Waals surface area contributed by atoms with E-state index in [2.05, 4.69) is 15.6 Å². The zero-order valence-corrected chi connectivity index (χ0v) is 13.4. The second kappa shape index (κ2) is 6.04. The predicted molar refractivity (Wildman–Crippen MR) is 89.0 cm³/mol. The third-order valence-electron chi connectivity index (χ3n) is 4.41. The number of aryl methyl sites for hydroxylation is 1. The molecule has 1 heterocycles. The number of hydrogen-bond donors (Lipinski definition) is 3. The highest BCUT2D eigenvalue weighted by Crippen LogP contribution is 2.39. The van der Waals surface area contributed by atoms with Crippen molar-refractivity contribution in [3.8, 4) is 11.4 Å². The Bertz CT molecular complexity index is 708. The number of urea groups is 1. The Labute approximate surface area is 135 Å². The summed E-state index contributed by atoms with van der Waals surface area (Å²) < 4.78 is 1.93. The van der Waals surface area contributed by atoms with Gasteiger partial charge < -0.3 is 20.3 Å². The Morgan fingerprint density at radius 3 is 2.87 bits per heavy atom. The predicted octanol–water partition coefficient (Wildman–Crippen LogP) is 2.37. The normalized spacial score (nSPS) is 16.7. The summed E-state index contributed by atoms with van der Waals surface area (Å²) in [5.74, 6) is 1.20. The maximum atomic E-state index is 12.2. The van der Waals surface area contributed by atoms with Crippen LogP contribution in [-0.2, 0) is 7.05 Å². The number of hydrogen-bond acceptors (Lipinski definition) is 3. The molecule has 1 atom stereocenters. The number of nitrogens with one attached hydrogen (secondary N) is 2. The van der Waals surface area contributed by atoms with Gasteiger partial charge in [-0.25, -0.2) is 9.78 Å². The summed E-state index contributed by atoms with van der Waals surface area (Å²) in [5, 5.41) is 15.3. The van der Waals surface area contributed by atoms with Gasteiger partial charge in [0.25, 0.3) is 0 Å². The summed E-state index contributed by atoms with van der Waals surface area (Å²) >= 11 is 0. The summed E-state index contributed by atoms with van der Waals surface area (Å²) in [6.07, 6.45) is 5.72. The zero-order chi connectivity index (χ0) is 16.4. The van der Waals surface area contributed by atoms with Crippen LogP contribution in [-0.4, -0.2) is 32.8 Å². The van der Waals surface area contributed by atoms with Gasteiger partial charge in [-0.1, -0.05) is 12.1 Å². The Kier molecular flexibility index (Phi) is 4.09. The van der Waals surface area contributed by atoms with Crippen molar-refractivity contribution in [1.82, 2.24) is 14.9 Å². The van der Waals surface area contributed by atoms with Gasteiger partial charge in [-0.3, -0.25) is 0 Å². The van der Waals surface area contributed by atoms with E-state index in [0.29, 0.717) is 11.6 Å². The molecule has 0 saturated heterocycles. The van der Waals surface area contributed by atoms with E-state index in [1.807, 2.05) is 49.0 Å². The number of aliphatic hydroxyl groups is 1. The van der Waals surface area contributed by atoms with Gasteiger partial charge >= 0.3 is 6.03 Å². The molecular formula is C17H22N4O2. The van der Waals surface area contributed by atoms with Gasteiger partial charge in [-0.2, -0.15) is 0 Å². The average molecular weight is 314 g/mol. The Morgan fingerprint density at radius 2 is 2.26 bits per heavy atom. The van der Waals surface area contributed by atoms with E-state index in [1.54, 1.807) is 6.20 Å². The quantitative estimate of drug-likeness (QED) is 0.793. The Hall–Kier alpha value is -2.34. The minimum Gasteiger partial charge on any atom is -0.394 e. The van der Waals surface area contributed by atoms with Crippen LogP contribution in [0.25, 0.3) is 11.4 Å². The molecule has 1 fully saturated rings. The number of imidazole rings is 1. The van der Waals surface area contributed by atoms with E-state index >= 15 is 0 Å². The lowest BCUT2D eigenvalue weighted by Crippen LogP contribution is -2.52. The average Bonchev–Trinajstić information content (AvgIpc) is 3.30. The maximum Gasteiger partial charge on any atom is 0.319 e. The first-order chi connectivity index (χ1) is 11.0. The fourth-order valence-electron chi connectivity index (χ4n) is 2.79. The van der Waals surface area contributed by atoms with Gasteiger partial charge in [0.05, 0.1) is 12.1 Å². The minimum atomic E-state index is -0.554. The van der Waals surface area contributed by atoms with Crippen LogP contribution >= 0.6 is 0 Å². The van der Waals surface area contributed by atoms with Crippen molar-refractivity contribution >= 4 is 11.7 Å². The van der Waals surface area contributed by atoms with Crippen molar-refractivity contribution in [2.45, 2.75) is 25.3 Å². The SMILES string of the molecule is Cn1ccnc1-c1cccc(NC(=O)NC(C)(CO)C2CC2)c1. The molecule has 2 amide bonds. The highest BCUT2D eigenvalue weighted by molar-refractivity contribution is 5.90. The third-order valence-corrected chi connectivity index (χ3v) is 4.41. The first-order valence-electron chi connectivity index (χ1n) is 7.79. The molecular weight excluding hydrogens is 292 g/mol. The molecule has 6 nitrogen and oxygen atoms in total. The van der Waals surface area contributed by atoms with E-state index in [9.17, 15) is 9.90 Å². The molecule has 1 saturated carbocycles. The minimum absolute atomic E-state index is 0.0571. The standard InChI is InChI=1S/C17H22N4O2/c1-17(11-22,13-6-7-13)20-16(23)19-14-5-3-4-12(10-14)15-18-8-9-21(15)2/h3-5,8-10,13,22H,6-7,11H2,1-2H3,(H2,19,20,23). The summed E-state index contributed by atoms with van der Waals surface area (Å²) in [4.78, 5) is 16.5. The molecule has 1 aliphatic rings. The van der Waals surface area contributed by atoms with Gasteiger partial charge in [0.1, 0.15) is 5.82 Å². The molecule has 3 rings (SSSR count). The number of benzene rings is 1. The van der Waals surface area contributed by atoms with Crippen LogP contribution in [0, 0.1) is 5.92 Å². The summed E-state index contributed by atoms with van der Waals surface area (Å²) in [5.41, 5.74) is 1.07. The van der Waals surface area contributed by atoms with Gasteiger partial charge in [0, 0.05) is 30.7 Å². The number of carbonyl (C=O) groups is 1. The van der Waals surface area contributed by atoms with Crippen LogP contribution in [0.3, 0.4) is 0 Å². The molecule has 0 aliphatic heterocycles. The smallest absolute Gasteiger partial charge is 0.319 e. The molecule has 0 spiro atoms. The lowest BCUT2D eigenvalue weighted by atomic mass is 9.97. The lowest BCUT2D eigenvalue weighted by molar-refractivity contribution is 0.159. The molecule has 2 aromatic rings. The highest BCUT2D eigenvalue weighted by Gasteiger charge is 2.42. The monoisotopic (exact) mass is 314 g/mol. The van der Waals surface area contributed by atoms with Crippen LogP contribution in [0.1, 0.15) is 19.8 Å². The van der Waals surface area contributed by atoms with Crippen molar-refractivity contribution in [3.05, 3.63) is 36.7 Å². The zero-order valence-electron chi connectivity index (χ0n) is 13.4. The topological polar surface area (TPSA) is 79.2 Å². The van der Waals surface area contributed by atoms with E-state index in [4.69, 9.17) is 0 Å². The van der Waals surface area contributed by atoms with Gasteiger partial charge in [0.2, 0.25) is 0 Å². The van der Waals surface area contributed by atoms with Crippen molar-refractivity contribution in [2.24, 2.45) is 13.0 Å². The molecule has 23 heavy (non-hydrogen) atoms. The maximum absolute atomic E-state index is 12.2. The van der Waals surface area contributed by atoms with E-state index in [1.165, 1.54) is 0 Å². The van der Waals surface area contributed by atoms with Crippen LogP contribution in [0.5, 0.6) is 0 Å². The first kappa shape index (κ1) is 15.6. The number of carbonyl (C=O) groups excluding carboxylic acids is 1. The summed E-state index contributed by atoms with van der Waals surface area (Å²) in [6, 6.07) is 7.25. The lowest BCUT2D eigenvalue weighted by Gasteiger charge is -2.28. The van der Waals surface area contributed by atoms with Crippen molar-refractivity contribution in [2.75, 3.05) is 11.9 Å². The second-order valence-electron chi connectivity index (χ2n) is 6.37. The molecule has 3 N–H and O–H groups in total. The summed E-state index contributed by atoms with van der Waals surface area (Å²) in [6.45, 7) is 1.83. The third kappa shape index (κ3) is 3.37. The largest absolute Gasteiger partial charge is 0.394 e. The van der Waals surface area contributed by atoms with Gasteiger partial charge in [-0.15, -0.1) is 0 Å². The Balaban J connectivity index is 1.70. The number of rotatable bonds is 5. The first-order valence-corrected chi connectivity index (χ1v) is 7.79. The van der Waals surface area contributed by atoms with Gasteiger partial charge in [0.15, 0.2) is 0 Å². The molecule has 0 bridgehead atoms. The second-order valence-corrected chi connectivity index (χ2v) is 6.37. The molecule has 1 unspecified atom stereocenters. The molecule has 1 aromatic heterocycles. The van der Waals surface area contributed by atoms with Crippen molar-refractivity contribution in [3.63, 3.8) is 0 Å². The fourth-order valence-corrected chi connectivity index (χ4v) is 2.79. The number of aliphatic hydroxyl groups excluding tert-OH is 1. The van der Waals surface area contributed by atoms with Crippen LogP contribution in [0.2, 0.25) is 0 Å². The molecule has 6 heteroatoms. The van der Waals surface area contributed by atoms with E-state index in [-0.39, 0.29) is 12.6 Å².